The van der Waals surface area contributed by atoms with Gasteiger partial charge in [-0.3, -0.25) is 4.98 Å². The fourth-order valence-electron chi connectivity index (χ4n) is 1.90. The summed E-state index contributed by atoms with van der Waals surface area (Å²) in [6, 6.07) is 9.81. The summed E-state index contributed by atoms with van der Waals surface area (Å²) in [5, 5.41) is 0.940. The number of pyridine rings is 1. The molecule has 3 rings (SSSR count). The second kappa shape index (κ2) is 4.74. The predicted octanol–water partition coefficient (Wildman–Crippen LogP) is 2.45. The molecular formula is C14H14N2O2. The van der Waals surface area contributed by atoms with E-state index in [1.807, 2.05) is 24.3 Å². The Morgan fingerprint density at radius 3 is 2.94 bits per heavy atom. The van der Waals surface area contributed by atoms with Gasteiger partial charge in [-0.2, -0.15) is 0 Å². The highest BCUT2D eigenvalue weighted by Gasteiger charge is 2.19. The molecule has 1 N–H and O–H groups in total. The van der Waals surface area contributed by atoms with E-state index in [4.69, 9.17) is 4.84 Å². The van der Waals surface area contributed by atoms with Crippen molar-refractivity contribution in [3.05, 3.63) is 42.1 Å². The number of hydrogen-bond acceptors (Lipinski definition) is 4. The van der Waals surface area contributed by atoms with Crippen molar-refractivity contribution in [2.45, 2.75) is 25.3 Å². The topological polar surface area (TPSA) is 51.2 Å². The minimum absolute atomic E-state index is 0.322. The molecule has 4 heteroatoms. The lowest BCUT2D eigenvalue weighted by molar-refractivity contribution is 0.00589. The smallest absolute Gasteiger partial charge is 0.358 e. The van der Waals surface area contributed by atoms with E-state index in [0.717, 1.165) is 23.7 Å². The van der Waals surface area contributed by atoms with Gasteiger partial charge in [0.15, 0.2) is 0 Å². The van der Waals surface area contributed by atoms with E-state index in [2.05, 4.69) is 10.5 Å². The van der Waals surface area contributed by atoms with Crippen LogP contribution in [0.15, 0.2) is 36.5 Å². The van der Waals surface area contributed by atoms with Crippen LogP contribution in [0.2, 0.25) is 0 Å². The molecule has 1 aromatic carbocycles. The number of carbonyl (C=O) groups excluding carboxylic acids is 1. The number of rotatable bonds is 3. The second-order valence-corrected chi connectivity index (χ2v) is 4.55. The molecule has 1 fully saturated rings. The lowest BCUT2D eigenvalue weighted by Crippen LogP contribution is -2.36. The molecular weight excluding hydrogens is 228 g/mol. The number of benzene rings is 1. The molecule has 1 saturated carbocycles. The van der Waals surface area contributed by atoms with Crippen LogP contribution in [-0.2, 0) is 4.84 Å². The maximum atomic E-state index is 11.8. The Hall–Kier alpha value is -1.94. The molecule has 0 spiro atoms. The molecule has 0 radical (unpaired) electrons. The predicted molar refractivity (Wildman–Crippen MR) is 67.9 cm³/mol. The van der Waals surface area contributed by atoms with Crippen LogP contribution in [-0.4, -0.2) is 17.0 Å². The average molecular weight is 242 g/mol. The number of fused-ring (bicyclic) bond motifs is 1. The van der Waals surface area contributed by atoms with Gasteiger partial charge in [0.25, 0.3) is 0 Å². The first-order valence-corrected chi connectivity index (χ1v) is 6.14. The molecule has 92 valence electrons. The first-order valence-electron chi connectivity index (χ1n) is 6.14. The van der Waals surface area contributed by atoms with Crippen LogP contribution in [0.1, 0.15) is 29.6 Å². The number of hydroxylamine groups is 1. The van der Waals surface area contributed by atoms with Crippen molar-refractivity contribution in [2.75, 3.05) is 0 Å². The third-order valence-corrected chi connectivity index (χ3v) is 3.25. The number of nitrogens with zero attached hydrogens (tertiary/aromatic N) is 1. The number of para-hydroxylation sites is 1. The van der Waals surface area contributed by atoms with Gasteiger partial charge in [-0.25, -0.2) is 4.79 Å². The van der Waals surface area contributed by atoms with Crippen molar-refractivity contribution in [3.8, 4) is 0 Å². The first kappa shape index (κ1) is 11.2. The molecule has 0 bridgehead atoms. The van der Waals surface area contributed by atoms with E-state index in [1.165, 1.54) is 6.42 Å². The molecule has 1 heterocycles. The molecule has 1 aromatic heterocycles. The Kier molecular flexibility index (Phi) is 2.94. The zero-order valence-electron chi connectivity index (χ0n) is 9.93. The van der Waals surface area contributed by atoms with E-state index in [9.17, 15) is 4.79 Å². The van der Waals surface area contributed by atoms with E-state index >= 15 is 0 Å². The molecule has 0 amide bonds. The standard InChI is InChI=1S/C14H14N2O2/c17-14(18-16-12-5-3-6-12)11-8-10-4-1-2-7-13(10)15-9-11/h1-2,4,7-9,12,16H,3,5-6H2. The normalized spacial score (nSPS) is 15.3. The number of aromatic nitrogens is 1. The van der Waals surface area contributed by atoms with Crippen LogP contribution < -0.4 is 5.48 Å². The van der Waals surface area contributed by atoms with Crippen LogP contribution in [0.3, 0.4) is 0 Å². The molecule has 2 aromatic rings. The molecule has 0 atom stereocenters. The first-order chi connectivity index (χ1) is 8.83. The van der Waals surface area contributed by atoms with Gasteiger partial charge >= 0.3 is 5.97 Å². The van der Waals surface area contributed by atoms with Gasteiger partial charge in [-0.15, -0.1) is 5.48 Å². The highest BCUT2D eigenvalue weighted by Crippen LogP contribution is 2.18. The van der Waals surface area contributed by atoms with Crippen molar-refractivity contribution in [3.63, 3.8) is 0 Å². The zero-order chi connectivity index (χ0) is 12.4. The van der Waals surface area contributed by atoms with Crippen molar-refractivity contribution >= 4 is 16.9 Å². The minimum Gasteiger partial charge on any atom is -0.366 e. The highest BCUT2D eigenvalue weighted by atomic mass is 16.7. The van der Waals surface area contributed by atoms with E-state index in [-0.39, 0.29) is 5.97 Å². The van der Waals surface area contributed by atoms with Crippen molar-refractivity contribution < 1.29 is 9.63 Å². The fraction of sp³-hybridized carbons (Fsp3) is 0.286. The Bertz CT molecular complexity index is 579. The molecule has 1 aliphatic rings. The van der Waals surface area contributed by atoms with E-state index in [0.29, 0.717) is 11.6 Å². The third-order valence-electron chi connectivity index (χ3n) is 3.25. The summed E-state index contributed by atoms with van der Waals surface area (Å²) < 4.78 is 0. The van der Waals surface area contributed by atoms with Crippen LogP contribution in [0.4, 0.5) is 0 Å². The maximum Gasteiger partial charge on any atom is 0.358 e. The lowest BCUT2D eigenvalue weighted by atomic mass is 9.94. The summed E-state index contributed by atoms with van der Waals surface area (Å²) in [7, 11) is 0. The van der Waals surface area contributed by atoms with Gasteiger partial charge < -0.3 is 4.84 Å². The Balaban J connectivity index is 1.74. The van der Waals surface area contributed by atoms with Gasteiger partial charge in [0.2, 0.25) is 0 Å². The summed E-state index contributed by atoms with van der Waals surface area (Å²) in [6.45, 7) is 0. The number of hydrogen-bond donors (Lipinski definition) is 1. The quantitative estimate of drug-likeness (QED) is 0.840. The monoisotopic (exact) mass is 242 g/mol. The Morgan fingerprint density at radius 2 is 2.17 bits per heavy atom. The third kappa shape index (κ3) is 2.19. The summed E-state index contributed by atoms with van der Waals surface area (Å²) in [5.41, 5.74) is 4.14. The van der Waals surface area contributed by atoms with Crippen LogP contribution in [0, 0.1) is 0 Å². The highest BCUT2D eigenvalue weighted by molar-refractivity contribution is 5.93. The van der Waals surface area contributed by atoms with Crippen LogP contribution in [0.5, 0.6) is 0 Å². The van der Waals surface area contributed by atoms with Crippen molar-refractivity contribution in [1.29, 1.82) is 0 Å². The SMILES string of the molecule is O=C(ONC1CCC1)c1cnc2ccccc2c1. The van der Waals surface area contributed by atoms with Crippen LogP contribution >= 0.6 is 0 Å². The van der Waals surface area contributed by atoms with Crippen LogP contribution in [0.25, 0.3) is 10.9 Å². The largest absolute Gasteiger partial charge is 0.366 e. The minimum atomic E-state index is -0.375. The average Bonchev–Trinajstić information content (AvgIpc) is 2.36. The number of nitrogens with one attached hydrogen (secondary N) is 1. The lowest BCUT2D eigenvalue weighted by Gasteiger charge is -2.25. The summed E-state index contributed by atoms with van der Waals surface area (Å²) >= 11 is 0. The van der Waals surface area contributed by atoms with Gasteiger partial charge in [-0.1, -0.05) is 24.6 Å². The molecule has 4 nitrogen and oxygen atoms in total. The maximum absolute atomic E-state index is 11.8. The second-order valence-electron chi connectivity index (χ2n) is 4.55. The molecule has 0 unspecified atom stereocenters. The molecule has 1 aliphatic carbocycles. The number of carbonyl (C=O) groups is 1. The van der Waals surface area contributed by atoms with Crippen molar-refractivity contribution in [1.82, 2.24) is 10.5 Å². The summed E-state index contributed by atoms with van der Waals surface area (Å²) in [6.07, 6.45) is 4.90. The van der Waals surface area contributed by atoms with E-state index < -0.39 is 0 Å². The zero-order valence-corrected chi connectivity index (χ0v) is 9.93. The Morgan fingerprint density at radius 1 is 1.33 bits per heavy atom. The van der Waals surface area contributed by atoms with Gasteiger partial charge in [0, 0.05) is 17.6 Å². The van der Waals surface area contributed by atoms with E-state index in [1.54, 1.807) is 12.3 Å². The fourth-order valence-corrected chi connectivity index (χ4v) is 1.90. The summed E-state index contributed by atoms with van der Waals surface area (Å²) in [4.78, 5) is 21.1. The Labute approximate surface area is 105 Å². The van der Waals surface area contributed by atoms with Gasteiger partial charge in [0.1, 0.15) is 0 Å². The van der Waals surface area contributed by atoms with Gasteiger partial charge in [0.05, 0.1) is 11.1 Å². The molecule has 0 aliphatic heterocycles. The summed E-state index contributed by atoms with van der Waals surface area (Å²) in [5.74, 6) is -0.375. The molecule has 0 saturated heterocycles. The van der Waals surface area contributed by atoms with Crippen molar-refractivity contribution in [2.24, 2.45) is 0 Å². The van der Waals surface area contributed by atoms with Gasteiger partial charge in [-0.05, 0) is 25.0 Å². The molecule has 18 heavy (non-hydrogen) atoms.